The maximum atomic E-state index is 12.5. The molecule has 2 rings (SSSR count). The molecule has 8 heteroatoms. The number of aromatic hydroxyl groups is 1. The SMILES string of the molecule is Cc1cc(NS(=O)(=O)c2ccccc2N)cc(C(=O)N(C)C)c1O. The van der Waals surface area contributed by atoms with Gasteiger partial charge in [-0.1, -0.05) is 12.1 Å². The van der Waals surface area contributed by atoms with Gasteiger partial charge in [-0.2, -0.15) is 0 Å². The number of hydrogen-bond acceptors (Lipinski definition) is 5. The number of sulfonamides is 1. The molecule has 7 nitrogen and oxygen atoms in total. The minimum atomic E-state index is -3.92. The molecule has 0 aliphatic heterocycles. The first-order valence-corrected chi connectivity index (χ1v) is 8.54. The van der Waals surface area contributed by atoms with Crippen LogP contribution in [0.5, 0.6) is 5.75 Å². The highest BCUT2D eigenvalue weighted by molar-refractivity contribution is 7.92. The second-order valence-corrected chi connectivity index (χ2v) is 7.18. The Kier molecular flexibility index (Phi) is 4.70. The summed E-state index contributed by atoms with van der Waals surface area (Å²) in [7, 11) is -0.837. The molecule has 4 N–H and O–H groups in total. The Morgan fingerprint density at radius 3 is 2.42 bits per heavy atom. The number of nitrogen functional groups attached to an aromatic ring is 1. The van der Waals surface area contributed by atoms with Crippen LogP contribution in [0.15, 0.2) is 41.3 Å². The third-order valence-corrected chi connectivity index (χ3v) is 4.85. The molecule has 1 amide bonds. The minimum absolute atomic E-state index is 0.0127. The number of amides is 1. The molecule has 24 heavy (non-hydrogen) atoms. The highest BCUT2D eigenvalue weighted by atomic mass is 32.2. The molecule has 128 valence electrons. The van der Waals surface area contributed by atoms with Crippen LogP contribution in [0.25, 0.3) is 0 Å². The van der Waals surface area contributed by atoms with Gasteiger partial charge in [-0.15, -0.1) is 0 Å². The van der Waals surface area contributed by atoms with Crippen molar-refractivity contribution in [1.29, 1.82) is 0 Å². The number of benzene rings is 2. The molecule has 0 aromatic heterocycles. The first-order valence-electron chi connectivity index (χ1n) is 7.06. The second kappa shape index (κ2) is 6.40. The maximum absolute atomic E-state index is 12.5. The quantitative estimate of drug-likeness (QED) is 0.575. The van der Waals surface area contributed by atoms with E-state index in [1.807, 2.05) is 0 Å². The lowest BCUT2D eigenvalue weighted by atomic mass is 10.1. The van der Waals surface area contributed by atoms with E-state index in [0.717, 1.165) is 0 Å². The van der Waals surface area contributed by atoms with Crippen molar-refractivity contribution in [3.8, 4) is 5.75 Å². The van der Waals surface area contributed by atoms with E-state index in [9.17, 15) is 18.3 Å². The first kappa shape index (κ1) is 17.6. The van der Waals surface area contributed by atoms with Gasteiger partial charge >= 0.3 is 0 Å². The number of phenols is 1. The number of nitrogens with one attached hydrogen (secondary N) is 1. The minimum Gasteiger partial charge on any atom is -0.507 e. The lowest BCUT2D eigenvalue weighted by Crippen LogP contribution is -2.22. The van der Waals surface area contributed by atoms with Gasteiger partial charge in [-0.25, -0.2) is 8.42 Å². The van der Waals surface area contributed by atoms with E-state index in [0.29, 0.717) is 5.56 Å². The van der Waals surface area contributed by atoms with Crippen molar-refractivity contribution in [2.45, 2.75) is 11.8 Å². The summed E-state index contributed by atoms with van der Waals surface area (Å²) in [5.41, 5.74) is 6.38. The molecular formula is C16H19N3O4S. The third-order valence-electron chi connectivity index (χ3n) is 3.40. The van der Waals surface area contributed by atoms with E-state index in [-0.39, 0.29) is 27.6 Å². The van der Waals surface area contributed by atoms with Crippen molar-refractivity contribution < 1.29 is 18.3 Å². The molecule has 0 spiro atoms. The molecule has 0 radical (unpaired) electrons. The number of carbonyl (C=O) groups is 1. The van der Waals surface area contributed by atoms with Crippen molar-refractivity contribution >= 4 is 27.3 Å². The van der Waals surface area contributed by atoms with Gasteiger partial charge in [0.2, 0.25) is 0 Å². The van der Waals surface area contributed by atoms with E-state index >= 15 is 0 Å². The highest BCUT2D eigenvalue weighted by Crippen LogP contribution is 2.29. The van der Waals surface area contributed by atoms with Gasteiger partial charge in [0.15, 0.2) is 0 Å². The highest BCUT2D eigenvalue weighted by Gasteiger charge is 2.21. The lowest BCUT2D eigenvalue weighted by Gasteiger charge is -2.16. The fourth-order valence-corrected chi connectivity index (χ4v) is 3.35. The van der Waals surface area contributed by atoms with Gasteiger partial charge < -0.3 is 15.7 Å². The number of para-hydroxylation sites is 1. The predicted octanol–water partition coefficient (Wildman–Crippen LogP) is 1.79. The van der Waals surface area contributed by atoms with Crippen LogP contribution in [0, 0.1) is 6.92 Å². The van der Waals surface area contributed by atoms with Crippen LogP contribution in [-0.2, 0) is 10.0 Å². The lowest BCUT2D eigenvalue weighted by molar-refractivity contribution is 0.0824. The summed E-state index contributed by atoms with van der Waals surface area (Å²) in [5, 5.41) is 10.1. The third kappa shape index (κ3) is 3.43. The Morgan fingerprint density at radius 1 is 1.21 bits per heavy atom. The number of hydrogen-bond donors (Lipinski definition) is 3. The van der Waals surface area contributed by atoms with Gasteiger partial charge in [0.25, 0.3) is 15.9 Å². The van der Waals surface area contributed by atoms with Crippen LogP contribution in [0.2, 0.25) is 0 Å². The molecule has 0 bridgehead atoms. The van der Waals surface area contributed by atoms with Crippen molar-refractivity contribution in [2.75, 3.05) is 24.6 Å². The van der Waals surface area contributed by atoms with Crippen molar-refractivity contribution in [3.63, 3.8) is 0 Å². The molecular weight excluding hydrogens is 330 g/mol. The van der Waals surface area contributed by atoms with Gasteiger partial charge in [0, 0.05) is 14.1 Å². The van der Waals surface area contributed by atoms with E-state index < -0.39 is 15.9 Å². The van der Waals surface area contributed by atoms with Crippen LogP contribution in [0.1, 0.15) is 15.9 Å². The zero-order valence-corrected chi connectivity index (χ0v) is 14.4. The number of aryl methyl sites for hydroxylation is 1. The predicted molar refractivity (Wildman–Crippen MR) is 92.5 cm³/mol. The summed E-state index contributed by atoms with van der Waals surface area (Å²) < 4.78 is 27.4. The monoisotopic (exact) mass is 349 g/mol. The fraction of sp³-hybridized carbons (Fsp3) is 0.188. The largest absolute Gasteiger partial charge is 0.507 e. The summed E-state index contributed by atoms with van der Waals surface area (Å²) in [6.07, 6.45) is 0. The molecule has 0 aliphatic rings. The Labute approximate surface area is 140 Å². The standard InChI is InChI=1S/C16H19N3O4S/c1-10-8-11(9-12(15(10)20)16(21)19(2)3)18-24(22,23)14-7-5-4-6-13(14)17/h4-9,18,20H,17H2,1-3H3. The topological polar surface area (TPSA) is 113 Å². The number of phenolic OH excluding ortho intramolecular Hbond substituents is 1. The summed E-state index contributed by atoms with van der Waals surface area (Å²) in [6.45, 7) is 1.58. The van der Waals surface area contributed by atoms with E-state index in [1.54, 1.807) is 33.2 Å². The van der Waals surface area contributed by atoms with Crippen LogP contribution in [-0.4, -0.2) is 38.4 Å². The van der Waals surface area contributed by atoms with Crippen molar-refractivity contribution in [3.05, 3.63) is 47.5 Å². The van der Waals surface area contributed by atoms with Crippen LogP contribution in [0.3, 0.4) is 0 Å². The Balaban J connectivity index is 2.47. The molecule has 0 aliphatic carbocycles. The Bertz CT molecular complexity index is 892. The number of nitrogens with zero attached hydrogens (tertiary/aromatic N) is 1. The number of anilines is 2. The summed E-state index contributed by atoms with van der Waals surface area (Å²) in [6, 6.07) is 8.80. The zero-order chi connectivity index (χ0) is 18.1. The Morgan fingerprint density at radius 2 is 1.83 bits per heavy atom. The molecule has 2 aromatic carbocycles. The molecule has 0 unspecified atom stereocenters. The van der Waals surface area contributed by atoms with Gasteiger partial charge in [0.05, 0.1) is 16.9 Å². The fourth-order valence-electron chi connectivity index (χ4n) is 2.18. The zero-order valence-electron chi connectivity index (χ0n) is 13.6. The van der Waals surface area contributed by atoms with Crippen molar-refractivity contribution in [1.82, 2.24) is 4.90 Å². The number of carbonyl (C=O) groups excluding carboxylic acids is 1. The van der Waals surface area contributed by atoms with Crippen LogP contribution < -0.4 is 10.5 Å². The normalized spacial score (nSPS) is 11.1. The molecule has 2 aromatic rings. The number of rotatable bonds is 4. The maximum Gasteiger partial charge on any atom is 0.263 e. The smallest absolute Gasteiger partial charge is 0.263 e. The Hall–Kier alpha value is -2.74. The molecule has 0 saturated heterocycles. The van der Waals surface area contributed by atoms with Gasteiger partial charge in [-0.3, -0.25) is 9.52 Å². The van der Waals surface area contributed by atoms with E-state index in [2.05, 4.69) is 4.72 Å². The van der Waals surface area contributed by atoms with Crippen LogP contribution in [0.4, 0.5) is 11.4 Å². The van der Waals surface area contributed by atoms with E-state index in [4.69, 9.17) is 5.73 Å². The first-order chi connectivity index (χ1) is 11.1. The van der Waals surface area contributed by atoms with Crippen molar-refractivity contribution in [2.24, 2.45) is 0 Å². The second-order valence-electron chi connectivity index (χ2n) is 5.53. The average Bonchev–Trinajstić information content (AvgIpc) is 2.49. The molecule has 0 heterocycles. The van der Waals surface area contributed by atoms with Crippen LogP contribution >= 0.6 is 0 Å². The summed E-state index contributed by atoms with van der Waals surface area (Å²) >= 11 is 0. The summed E-state index contributed by atoms with van der Waals surface area (Å²) in [4.78, 5) is 13.4. The molecule has 0 saturated carbocycles. The van der Waals surface area contributed by atoms with Gasteiger partial charge in [-0.05, 0) is 36.8 Å². The van der Waals surface area contributed by atoms with E-state index in [1.165, 1.54) is 29.2 Å². The molecule has 0 atom stereocenters. The number of nitrogens with two attached hydrogens (primary N) is 1. The summed E-state index contributed by atoms with van der Waals surface area (Å²) in [5.74, 6) is -0.619. The molecule has 0 fully saturated rings. The van der Waals surface area contributed by atoms with Gasteiger partial charge in [0.1, 0.15) is 10.6 Å². The average molecular weight is 349 g/mol.